The van der Waals surface area contributed by atoms with Gasteiger partial charge in [-0.15, -0.1) is 0 Å². The van der Waals surface area contributed by atoms with Crippen molar-refractivity contribution >= 4 is 23.5 Å². The number of hydrogen-bond donors (Lipinski definition) is 1. The van der Waals surface area contributed by atoms with Gasteiger partial charge in [0.25, 0.3) is 5.91 Å². The first-order chi connectivity index (χ1) is 8.56. The number of nitriles is 1. The van der Waals surface area contributed by atoms with Gasteiger partial charge in [-0.2, -0.15) is 5.26 Å². The topological polar surface area (TPSA) is 81.4 Å². The normalized spacial score (nSPS) is 17.4. The average molecular weight is 265 g/mol. The molecule has 2 rings (SSSR count). The number of benzene rings is 1. The first-order valence-corrected chi connectivity index (χ1v) is 5.65. The zero-order chi connectivity index (χ0) is 13.3. The van der Waals surface area contributed by atoms with Gasteiger partial charge in [0.1, 0.15) is 6.04 Å². The van der Waals surface area contributed by atoms with Gasteiger partial charge in [0.2, 0.25) is 0 Å². The quantitative estimate of drug-likeness (QED) is 0.903. The molecule has 1 atom stereocenters. The van der Waals surface area contributed by atoms with E-state index in [9.17, 15) is 9.59 Å². The number of nitrogens with zero attached hydrogens (tertiary/aromatic N) is 2. The smallest absolute Gasteiger partial charge is 0.305 e. The molecule has 0 fully saturated rings. The van der Waals surface area contributed by atoms with Gasteiger partial charge in [-0.05, 0) is 6.07 Å². The van der Waals surface area contributed by atoms with E-state index in [2.05, 4.69) is 0 Å². The molecule has 0 saturated heterocycles. The highest BCUT2D eigenvalue weighted by Gasteiger charge is 2.38. The van der Waals surface area contributed by atoms with E-state index >= 15 is 0 Å². The molecule has 0 spiro atoms. The van der Waals surface area contributed by atoms with Crippen LogP contribution in [0.25, 0.3) is 0 Å². The van der Waals surface area contributed by atoms with Crippen LogP contribution in [0.4, 0.5) is 0 Å². The lowest BCUT2D eigenvalue weighted by Gasteiger charge is -2.18. The van der Waals surface area contributed by atoms with E-state index in [4.69, 9.17) is 22.0 Å². The van der Waals surface area contributed by atoms with Crippen molar-refractivity contribution in [3.8, 4) is 6.07 Å². The highest BCUT2D eigenvalue weighted by Crippen LogP contribution is 2.36. The van der Waals surface area contributed by atoms with Gasteiger partial charge in [0.05, 0.1) is 23.1 Å². The standard InChI is InChI=1S/C12H9ClN2O3/c13-8-3-1-2-7-9(6-14)15(5-4-10(16)17)12(18)11(7)8/h1-3,9H,4-5H2,(H,16,17). The Labute approximate surface area is 108 Å². The fourth-order valence-corrected chi connectivity index (χ4v) is 2.27. The van der Waals surface area contributed by atoms with E-state index in [-0.39, 0.29) is 23.9 Å². The molecule has 1 aromatic rings. The second-order valence-corrected chi connectivity index (χ2v) is 4.29. The molecular weight excluding hydrogens is 256 g/mol. The van der Waals surface area contributed by atoms with Crippen LogP contribution in [0.15, 0.2) is 18.2 Å². The van der Waals surface area contributed by atoms with Crippen LogP contribution < -0.4 is 0 Å². The Morgan fingerprint density at radius 3 is 2.89 bits per heavy atom. The lowest BCUT2D eigenvalue weighted by molar-refractivity contribution is -0.137. The maximum absolute atomic E-state index is 12.1. The molecule has 0 radical (unpaired) electrons. The predicted molar refractivity (Wildman–Crippen MR) is 63.1 cm³/mol. The average Bonchev–Trinajstić information content (AvgIpc) is 2.60. The summed E-state index contributed by atoms with van der Waals surface area (Å²) in [4.78, 5) is 23.9. The van der Waals surface area contributed by atoms with Crippen molar-refractivity contribution < 1.29 is 14.7 Å². The molecule has 1 amide bonds. The number of carbonyl (C=O) groups excluding carboxylic acids is 1. The third-order valence-corrected chi connectivity index (χ3v) is 3.13. The molecule has 0 aliphatic carbocycles. The summed E-state index contributed by atoms with van der Waals surface area (Å²) in [7, 11) is 0. The van der Waals surface area contributed by atoms with Crippen molar-refractivity contribution in [3.05, 3.63) is 34.3 Å². The zero-order valence-corrected chi connectivity index (χ0v) is 10.0. The number of carboxylic acid groups (broad SMARTS) is 1. The minimum atomic E-state index is -1.01. The van der Waals surface area contributed by atoms with Crippen LogP contribution in [0.3, 0.4) is 0 Å². The van der Waals surface area contributed by atoms with E-state index in [1.54, 1.807) is 18.2 Å². The molecule has 5 nitrogen and oxygen atoms in total. The number of aliphatic carboxylic acids is 1. The molecule has 0 saturated carbocycles. The van der Waals surface area contributed by atoms with Crippen molar-refractivity contribution in [3.63, 3.8) is 0 Å². The second kappa shape index (κ2) is 4.67. The molecule has 1 heterocycles. The van der Waals surface area contributed by atoms with Crippen LogP contribution in [-0.4, -0.2) is 28.4 Å². The summed E-state index contributed by atoms with van der Waals surface area (Å²) in [6.07, 6.45) is -0.199. The van der Waals surface area contributed by atoms with E-state index in [0.717, 1.165) is 0 Å². The third-order valence-electron chi connectivity index (χ3n) is 2.82. The lowest BCUT2D eigenvalue weighted by Crippen LogP contribution is -2.29. The second-order valence-electron chi connectivity index (χ2n) is 3.88. The van der Waals surface area contributed by atoms with Crippen LogP contribution in [0.2, 0.25) is 5.02 Å². The highest BCUT2D eigenvalue weighted by atomic mass is 35.5. The summed E-state index contributed by atoms with van der Waals surface area (Å²) in [5.74, 6) is -1.40. The minimum absolute atomic E-state index is 0.00258. The fourth-order valence-electron chi connectivity index (χ4n) is 2.01. The number of amides is 1. The van der Waals surface area contributed by atoms with Gasteiger partial charge in [0, 0.05) is 12.1 Å². The van der Waals surface area contributed by atoms with E-state index in [1.807, 2.05) is 6.07 Å². The summed E-state index contributed by atoms with van der Waals surface area (Å²) in [6.45, 7) is -0.00258. The van der Waals surface area contributed by atoms with Crippen molar-refractivity contribution in [2.45, 2.75) is 12.5 Å². The van der Waals surface area contributed by atoms with Crippen LogP contribution in [0.1, 0.15) is 28.4 Å². The maximum Gasteiger partial charge on any atom is 0.305 e. The molecule has 1 aliphatic rings. The lowest BCUT2D eigenvalue weighted by atomic mass is 10.1. The Morgan fingerprint density at radius 1 is 1.56 bits per heavy atom. The van der Waals surface area contributed by atoms with Gasteiger partial charge in [-0.1, -0.05) is 23.7 Å². The van der Waals surface area contributed by atoms with Crippen molar-refractivity contribution in [2.24, 2.45) is 0 Å². The van der Waals surface area contributed by atoms with E-state index in [1.165, 1.54) is 4.90 Å². The predicted octanol–water partition coefficient (Wildman–Crippen LogP) is 1.84. The number of halogens is 1. The number of fused-ring (bicyclic) bond motifs is 1. The monoisotopic (exact) mass is 264 g/mol. The van der Waals surface area contributed by atoms with Gasteiger partial charge in [-0.3, -0.25) is 9.59 Å². The van der Waals surface area contributed by atoms with E-state index in [0.29, 0.717) is 11.1 Å². The number of carboxylic acids is 1. The summed E-state index contributed by atoms with van der Waals surface area (Å²) >= 11 is 5.94. The first kappa shape index (κ1) is 12.4. The third kappa shape index (κ3) is 1.91. The van der Waals surface area contributed by atoms with Crippen molar-refractivity contribution in [1.82, 2.24) is 4.90 Å². The molecule has 6 heteroatoms. The highest BCUT2D eigenvalue weighted by molar-refractivity contribution is 6.34. The van der Waals surface area contributed by atoms with Gasteiger partial charge >= 0.3 is 5.97 Å². The molecule has 1 unspecified atom stereocenters. The maximum atomic E-state index is 12.1. The molecule has 1 N–H and O–H groups in total. The Kier molecular flexibility index (Phi) is 3.21. The van der Waals surface area contributed by atoms with Gasteiger partial charge in [0.15, 0.2) is 0 Å². The summed E-state index contributed by atoms with van der Waals surface area (Å²) in [5, 5.41) is 18.1. The Morgan fingerprint density at radius 2 is 2.28 bits per heavy atom. The van der Waals surface area contributed by atoms with Crippen LogP contribution in [0, 0.1) is 11.3 Å². The van der Waals surface area contributed by atoms with Crippen LogP contribution >= 0.6 is 11.6 Å². The molecule has 92 valence electrons. The van der Waals surface area contributed by atoms with Crippen LogP contribution in [-0.2, 0) is 4.79 Å². The van der Waals surface area contributed by atoms with Gasteiger partial charge < -0.3 is 10.0 Å². The van der Waals surface area contributed by atoms with Gasteiger partial charge in [-0.25, -0.2) is 0 Å². The number of rotatable bonds is 3. The Bertz CT molecular complexity index is 565. The number of hydrogen-bond acceptors (Lipinski definition) is 3. The first-order valence-electron chi connectivity index (χ1n) is 5.27. The van der Waals surface area contributed by atoms with Crippen LogP contribution in [0.5, 0.6) is 0 Å². The SMILES string of the molecule is N#CC1c2cccc(Cl)c2C(=O)N1CCC(=O)O. The molecule has 18 heavy (non-hydrogen) atoms. The molecular formula is C12H9ClN2O3. The summed E-state index contributed by atoms with van der Waals surface area (Å²) < 4.78 is 0. The Balaban J connectivity index is 2.37. The summed E-state index contributed by atoms with van der Waals surface area (Å²) in [5.41, 5.74) is 0.844. The van der Waals surface area contributed by atoms with E-state index < -0.39 is 12.0 Å². The molecule has 0 bridgehead atoms. The minimum Gasteiger partial charge on any atom is -0.481 e. The van der Waals surface area contributed by atoms with Crippen molar-refractivity contribution in [2.75, 3.05) is 6.54 Å². The molecule has 0 aromatic heterocycles. The Hall–Kier alpha value is -2.06. The zero-order valence-electron chi connectivity index (χ0n) is 9.26. The molecule has 1 aliphatic heterocycles. The largest absolute Gasteiger partial charge is 0.481 e. The fraction of sp³-hybridized carbons (Fsp3) is 0.250. The summed E-state index contributed by atoms with van der Waals surface area (Å²) in [6, 6.07) is 6.15. The van der Waals surface area contributed by atoms with Crippen molar-refractivity contribution in [1.29, 1.82) is 5.26 Å². The number of carbonyl (C=O) groups is 2. The molecule has 1 aromatic carbocycles.